The highest BCUT2D eigenvalue weighted by atomic mass is 32.2. The van der Waals surface area contributed by atoms with Gasteiger partial charge in [0.2, 0.25) is 0 Å². The second kappa shape index (κ2) is 8.91. The summed E-state index contributed by atoms with van der Waals surface area (Å²) in [5.74, 6) is -1.03. The van der Waals surface area contributed by atoms with Crippen LogP contribution in [0.25, 0.3) is 0 Å². The van der Waals surface area contributed by atoms with Crippen LogP contribution in [-0.4, -0.2) is 45.4 Å². The van der Waals surface area contributed by atoms with Crippen molar-refractivity contribution >= 4 is 22.8 Å². The Morgan fingerprint density at radius 1 is 1.33 bits per heavy atom. The van der Waals surface area contributed by atoms with E-state index < -0.39 is 28.8 Å². The summed E-state index contributed by atoms with van der Waals surface area (Å²) in [6, 6.07) is -1.35. The normalized spacial score (nSPS) is 15.5. The highest BCUT2D eigenvalue weighted by Gasteiger charge is 2.18. The SMILES string of the molecule is CCC[C@H](NC(=O)NCCC(C)S(C)=O)C(=O)O. The zero-order valence-electron chi connectivity index (χ0n) is 11.1. The van der Waals surface area contributed by atoms with E-state index in [1.807, 2.05) is 13.8 Å². The van der Waals surface area contributed by atoms with E-state index >= 15 is 0 Å². The maximum atomic E-state index is 11.4. The molecular formula is C11H22N2O4S. The van der Waals surface area contributed by atoms with Crippen LogP contribution in [-0.2, 0) is 15.6 Å². The Morgan fingerprint density at radius 3 is 2.39 bits per heavy atom. The summed E-state index contributed by atoms with van der Waals surface area (Å²) in [7, 11) is -0.912. The van der Waals surface area contributed by atoms with Gasteiger partial charge in [0.25, 0.3) is 0 Å². The van der Waals surface area contributed by atoms with Crippen molar-refractivity contribution in [2.75, 3.05) is 12.8 Å². The standard InChI is InChI=1S/C11H22N2O4S/c1-4-5-9(10(14)15)13-11(16)12-7-6-8(2)18(3)17/h8-9H,4-7H2,1-3H3,(H,14,15)(H2,12,13,16)/t8?,9-,18?/m0/s1. The molecule has 0 spiro atoms. The van der Waals surface area contributed by atoms with Crippen LogP contribution in [0.4, 0.5) is 4.79 Å². The smallest absolute Gasteiger partial charge is 0.326 e. The number of carbonyl (C=O) groups excluding carboxylic acids is 1. The molecule has 0 fully saturated rings. The molecule has 0 heterocycles. The van der Waals surface area contributed by atoms with Crippen molar-refractivity contribution < 1.29 is 18.9 Å². The second-order valence-corrected chi connectivity index (χ2v) is 5.98. The molecule has 106 valence electrons. The maximum absolute atomic E-state index is 11.4. The molecule has 0 saturated heterocycles. The first kappa shape index (κ1) is 16.9. The third-order valence-corrected chi connectivity index (χ3v) is 3.95. The molecule has 3 atom stereocenters. The molecule has 0 bridgehead atoms. The molecule has 7 heteroatoms. The lowest BCUT2D eigenvalue weighted by Gasteiger charge is -2.15. The number of aliphatic carboxylic acids is 1. The van der Waals surface area contributed by atoms with Crippen LogP contribution in [0.2, 0.25) is 0 Å². The van der Waals surface area contributed by atoms with Gasteiger partial charge in [-0.25, -0.2) is 9.59 Å². The molecule has 2 amide bonds. The van der Waals surface area contributed by atoms with E-state index in [1.54, 1.807) is 6.26 Å². The van der Waals surface area contributed by atoms with Crippen molar-refractivity contribution in [3.05, 3.63) is 0 Å². The van der Waals surface area contributed by atoms with Gasteiger partial charge < -0.3 is 15.7 Å². The monoisotopic (exact) mass is 278 g/mol. The molecule has 2 unspecified atom stereocenters. The number of amides is 2. The zero-order chi connectivity index (χ0) is 14.1. The van der Waals surface area contributed by atoms with E-state index in [9.17, 15) is 13.8 Å². The quantitative estimate of drug-likeness (QED) is 0.609. The van der Waals surface area contributed by atoms with E-state index in [-0.39, 0.29) is 5.25 Å². The first-order valence-electron chi connectivity index (χ1n) is 5.97. The molecule has 0 aliphatic carbocycles. The van der Waals surface area contributed by atoms with Crippen LogP contribution in [0, 0.1) is 0 Å². The third kappa shape index (κ3) is 7.26. The number of rotatable bonds is 8. The minimum absolute atomic E-state index is 0.0104. The fourth-order valence-electron chi connectivity index (χ4n) is 1.31. The minimum Gasteiger partial charge on any atom is -0.480 e. The summed E-state index contributed by atoms with van der Waals surface area (Å²) < 4.78 is 11.1. The predicted octanol–water partition coefficient (Wildman–Crippen LogP) is 0.696. The Kier molecular flexibility index (Phi) is 8.36. The molecule has 0 saturated carbocycles. The van der Waals surface area contributed by atoms with Crippen LogP contribution < -0.4 is 10.6 Å². The van der Waals surface area contributed by atoms with Gasteiger partial charge >= 0.3 is 12.0 Å². The second-order valence-electron chi connectivity index (χ2n) is 4.18. The Bertz CT molecular complexity index is 309. The molecule has 3 N–H and O–H groups in total. The Morgan fingerprint density at radius 2 is 1.94 bits per heavy atom. The van der Waals surface area contributed by atoms with Crippen molar-refractivity contribution in [1.29, 1.82) is 0 Å². The number of hydrogen-bond acceptors (Lipinski definition) is 3. The summed E-state index contributed by atoms with van der Waals surface area (Å²) in [5, 5.41) is 13.8. The van der Waals surface area contributed by atoms with Crippen LogP contribution >= 0.6 is 0 Å². The first-order chi connectivity index (χ1) is 8.38. The topological polar surface area (TPSA) is 95.5 Å². The lowest BCUT2D eigenvalue weighted by Crippen LogP contribution is -2.46. The van der Waals surface area contributed by atoms with Crippen LogP contribution in [0.15, 0.2) is 0 Å². The van der Waals surface area contributed by atoms with Gasteiger partial charge in [0.15, 0.2) is 0 Å². The van der Waals surface area contributed by atoms with Crippen LogP contribution in [0.3, 0.4) is 0 Å². The van der Waals surface area contributed by atoms with Gasteiger partial charge in [0.1, 0.15) is 6.04 Å². The van der Waals surface area contributed by atoms with Gasteiger partial charge in [-0.15, -0.1) is 0 Å². The predicted molar refractivity (Wildman–Crippen MR) is 71.0 cm³/mol. The number of carboxylic acids is 1. The number of carboxylic acid groups (broad SMARTS) is 1. The summed E-state index contributed by atoms with van der Waals surface area (Å²) in [6.07, 6.45) is 3.30. The molecule has 6 nitrogen and oxygen atoms in total. The van der Waals surface area contributed by atoms with Gasteiger partial charge in [0, 0.05) is 28.9 Å². The zero-order valence-corrected chi connectivity index (χ0v) is 11.9. The number of hydrogen-bond donors (Lipinski definition) is 3. The number of nitrogens with one attached hydrogen (secondary N) is 2. The van der Waals surface area contributed by atoms with E-state index in [2.05, 4.69) is 10.6 Å². The fourth-order valence-corrected chi connectivity index (χ4v) is 1.76. The Hall–Kier alpha value is -1.11. The molecule has 0 aliphatic heterocycles. The van der Waals surface area contributed by atoms with Crippen molar-refractivity contribution in [2.24, 2.45) is 0 Å². The summed E-state index contributed by atoms with van der Waals surface area (Å²) in [6.45, 7) is 4.08. The van der Waals surface area contributed by atoms with Gasteiger partial charge in [-0.2, -0.15) is 0 Å². The van der Waals surface area contributed by atoms with Crippen LogP contribution in [0.5, 0.6) is 0 Å². The van der Waals surface area contributed by atoms with Crippen molar-refractivity contribution in [1.82, 2.24) is 10.6 Å². The average molecular weight is 278 g/mol. The molecule has 0 aromatic rings. The van der Waals surface area contributed by atoms with E-state index in [1.165, 1.54) is 0 Å². The van der Waals surface area contributed by atoms with Gasteiger partial charge in [-0.1, -0.05) is 20.3 Å². The third-order valence-electron chi connectivity index (χ3n) is 2.58. The highest BCUT2D eigenvalue weighted by molar-refractivity contribution is 7.84. The van der Waals surface area contributed by atoms with E-state index in [4.69, 9.17) is 5.11 Å². The molecular weight excluding hydrogens is 256 g/mol. The summed E-state index contributed by atoms with van der Waals surface area (Å²) in [5.41, 5.74) is 0. The molecule has 0 aromatic carbocycles. The number of urea groups is 1. The van der Waals surface area contributed by atoms with Gasteiger partial charge in [0.05, 0.1) is 0 Å². The Labute approximate surface area is 110 Å². The lowest BCUT2D eigenvalue weighted by atomic mass is 10.2. The molecule has 0 rings (SSSR count). The van der Waals surface area contributed by atoms with Crippen molar-refractivity contribution in [3.8, 4) is 0 Å². The van der Waals surface area contributed by atoms with Gasteiger partial charge in [-0.05, 0) is 12.8 Å². The maximum Gasteiger partial charge on any atom is 0.326 e. The summed E-state index contributed by atoms with van der Waals surface area (Å²) >= 11 is 0. The van der Waals surface area contributed by atoms with Crippen LogP contribution in [0.1, 0.15) is 33.1 Å². The largest absolute Gasteiger partial charge is 0.480 e. The fraction of sp³-hybridized carbons (Fsp3) is 0.818. The Balaban J connectivity index is 3.95. The van der Waals surface area contributed by atoms with Crippen molar-refractivity contribution in [2.45, 2.75) is 44.4 Å². The lowest BCUT2D eigenvalue weighted by molar-refractivity contribution is -0.139. The van der Waals surface area contributed by atoms with E-state index in [0.29, 0.717) is 25.8 Å². The molecule has 18 heavy (non-hydrogen) atoms. The van der Waals surface area contributed by atoms with Gasteiger partial charge in [-0.3, -0.25) is 4.21 Å². The minimum atomic E-state index is -1.03. The van der Waals surface area contributed by atoms with Crippen molar-refractivity contribution in [3.63, 3.8) is 0 Å². The van der Waals surface area contributed by atoms with E-state index in [0.717, 1.165) is 0 Å². The number of carbonyl (C=O) groups is 2. The molecule has 0 aromatic heterocycles. The molecule has 0 radical (unpaired) electrons. The molecule has 0 aliphatic rings. The average Bonchev–Trinajstić information content (AvgIpc) is 2.27. The highest BCUT2D eigenvalue weighted by Crippen LogP contribution is 1.98. The summed E-state index contributed by atoms with van der Waals surface area (Å²) in [4.78, 5) is 22.2. The first-order valence-corrected chi connectivity index (χ1v) is 7.60.